The summed E-state index contributed by atoms with van der Waals surface area (Å²) in [6, 6.07) is 0. The third-order valence-corrected chi connectivity index (χ3v) is 5.05. The normalized spacial score (nSPS) is 29.2. The average molecular weight is 281 g/mol. The van der Waals surface area contributed by atoms with Crippen molar-refractivity contribution in [3.8, 4) is 0 Å². The van der Waals surface area contributed by atoms with E-state index >= 15 is 0 Å². The van der Waals surface area contributed by atoms with Gasteiger partial charge in [0.15, 0.2) is 0 Å². The monoisotopic (exact) mass is 281 g/mol. The number of carbonyl (C=O) groups is 1. The fraction of sp³-hybridized carbons (Fsp3) is 0.938. The molecular formula is C16H27NO3. The molecule has 0 N–H and O–H groups in total. The molecule has 0 spiro atoms. The van der Waals surface area contributed by atoms with Crippen LogP contribution in [0.2, 0.25) is 0 Å². The number of likely N-dealkylation sites (tertiary alicyclic amines) is 1. The van der Waals surface area contributed by atoms with Gasteiger partial charge in [-0.1, -0.05) is 12.8 Å². The second-order valence-electron chi connectivity index (χ2n) is 6.57. The smallest absolute Gasteiger partial charge is 0.225 e. The third-order valence-electron chi connectivity index (χ3n) is 5.05. The van der Waals surface area contributed by atoms with Crippen LogP contribution < -0.4 is 0 Å². The van der Waals surface area contributed by atoms with Gasteiger partial charge in [-0.05, 0) is 32.1 Å². The van der Waals surface area contributed by atoms with Crippen LogP contribution in [0.1, 0.15) is 44.9 Å². The largest absolute Gasteiger partial charge is 0.381 e. The lowest BCUT2D eigenvalue weighted by Gasteiger charge is -2.33. The Balaban J connectivity index is 1.36. The highest BCUT2D eigenvalue weighted by Crippen LogP contribution is 2.28. The summed E-state index contributed by atoms with van der Waals surface area (Å²) < 4.78 is 11.4. The summed E-state index contributed by atoms with van der Waals surface area (Å²) >= 11 is 0. The van der Waals surface area contributed by atoms with Crippen LogP contribution in [-0.4, -0.2) is 49.8 Å². The van der Waals surface area contributed by atoms with Crippen LogP contribution in [0, 0.1) is 11.8 Å². The van der Waals surface area contributed by atoms with Gasteiger partial charge in [-0.3, -0.25) is 4.79 Å². The van der Waals surface area contributed by atoms with Gasteiger partial charge in [0.1, 0.15) is 0 Å². The highest BCUT2D eigenvalue weighted by Gasteiger charge is 2.30. The lowest BCUT2D eigenvalue weighted by atomic mass is 10.0. The first kappa shape index (κ1) is 14.3. The molecule has 0 aromatic rings. The van der Waals surface area contributed by atoms with Crippen molar-refractivity contribution < 1.29 is 14.3 Å². The third kappa shape index (κ3) is 3.53. The Morgan fingerprint density at radius 3 is 2.50 bits per heavy atom. The first-order chi connectivity index (χ1) is 9.83. The molecule has 2 saturated heterocycles. The van der Waals surface area contributed by atoms with Gasteiger partial charge in [0.2, 0.25) is 5.91 Å². The van der Waals surface area contributed by atoms with E-state index in [1.807, 2.05) is 0 Å². The number of piperidine rings is 1. The Kier molecular flexibility index (Phi) is 4.94. The van der Waals surface area contributed by atoms with Crippen molar-refractivity contribution >= 4 is 5.91 Å². The molecule has 0 aromatic heterocycles. The summed E-state index contributed by atoms with van der Waals surface area (Å²) in [7, 11) is 0. The lowest BCUT2D eigenvalue weighted by Crippen LogP contribution is -2.43. The van der Waals surface area contributed by atoms with Crippen molar-refractivity contribution in [2.45, 2.75) is 51.0 Å². The van der Waals surface area contributed by atoms with Gasteiger partial charge in [0.25, 0.3) is 0 Å². The SMILES string of the molecule is O=C(C1CCCC1)N1CCC(OC[C@@H]2CCOC2)CC1. The first-order valence-electron chi connectivity index (χ1n) is 8.31. The van der Waals surface area contributed by atoms with Gasteiger partial charge in [-0.25, -0.2) is 0 Å². The molecule has 0 bridgehead atoms. The molecule has 1 aliphatic carbocycles. The molecule has 1 atom stereocenters. The van der Waals surface area contributed by atoms with Crippen LogP contribution >= 0.6 is 0 Å². The number of carbonyl (C=O) groups excluding carboxylic acids is 1. The van der Waals surface area contributed by atoms with Crippen molar-refractivity contribution in [1.82, 2.24) is 4.90 Å². The Labute approximate surface area is 121 Å². The molecule has 3 rings (SSSR count). The Morgan fingerprint density at radius 1 is 1.10 bits per heavy atom. The minimum atomic E-state index is 0.322. The molecule has 114 valence electrons. The fourth-order valence-electron chi connectivity index (χ4n) is 3.66. The van der Waals surface area contributed by atoms with Gasteiger partial charge >= 0.3 is 0 Å². The zero-order valence-corrected chi connectivity index (χ0v) is 12.4. The van der Waals surface area contributed by atoms with Crippen LogP contribution in [0.25, 0.3) is 0 Å². The maximum atomic E-state index is 12.3. The van der Waals surface area contributed by atoms with Crippen molar-refractivity contribution in [1.29, 1.82) is 0 Å². The summed E-state index contributed by atoms with van der Waals surface area (Å²) in [4.78, 5) is 14.4. The molecule has 1 saturated carbocycles. The number of rotatable bonds is 4. The van der Waals surface area contributed by atoms with Crippen LogP contribution in [0.3, 0.4) is 0 Å². The zero-order chi connectivity index (χ0) is 13.8. The Bertz CT molecular complexity index is 314. The fourth-order valence-corrected chi connectivity index (χ4v) is 3.66. The predicted octanol–water partition coefficient (Wildman–Crippen LogP) is 2.22. The molecular weight excluding hydrogens is 254 g/mol. The average Bonchev–Trinajstić information content (AvgIpc) is 3.18. The zero-order valence-electron chi connectivity index (χ0n) is 12.4. The van der Waals surface area contributed by atoms with E-state index < -0.39 is 0 Å². The maximum Gasteiger partial charge on any atom is 0.225 e. The summed E-state index contributed by atoms with van der Waals surface area (Å²) in [6.07, 6.45) is 8.19. The standard InChI is InChI=1S/C16H27NO3/c18-16(14-3-1-2-4-14)17-8-5-15(6-9-17)20-12-13-7-10-19-11-13/h13-15H,1-12H2/t13-/m1/s1. The van der Waals surface area contributed by atoms with E-state index in [0.717, 1.165) is 65.0 Å². The van der Waals surface area contributed by atoms with Gasteiger partial charge in [0, 0.05) is 31.5 Å². The van der Waals surface area contributed by atoms with E-state index in [9.17, 15) is 4.79 Å². The minimum absolute atomic E-state index is 0.322. The maximum absolute atomic E-state index is 12.3. The topological polar surface area (TPSA) is 38.8 Å². The molecule has 4 heteroatoms. The number of ether oxygens (including phenoxy) is 2. The Hall–Kier alpha value is -0.610. The highest BCUT2D eigenvalue weighted by molar-refractivity contribution is 5.79. The summed E-state index contributed by atoms with van der Waals surface area (Å²) in [5.41, 5.74) is 0. The quantitative estimate of drug-likeness (QED) is 0.793. The van der Waals surface area contributed by atoms with E-state index in [1.54, 1.807) is 0 Å². The first-order valence-corrected chi connectivity index (χ1v) is 8.31. The molecule has 0 unspecified atom stereocenters. The molecule has 2 heterocycles. The number of amides is 1. The van der Waals surface area contributed by atoms with E-state index in [0.29, 0.717) is 23.8 Å². The summed E-state index contributed by atoms with van der Waals surface area (Å²) in [5.74, 6) is 1.32. The molecule has 2 aliphatic heterocycles. The minimum Gasteiger partial charge on any atom is -0.381 e. The predicted molar refractivity (Wildman–Crippen MR) is 76.4 cm³/mol. The van der Waals surface area contributed by atoms with Gasteiger partial charge in [0.05, 0.1) is 19.3 Å². The van der Waals surface area contributed by atoms with E-state index in [4.69, 9.17) is 9.47 Å². The Morgan fingerprint density at radius 2 is 1.85 bits per heavy atom. The van der Waals surface area contributed by atoms with Gasteiger partial charge in [-0.2, -0.15) is 0 Å². The van der Waals surface area contributed by atoms with Crippen LogP contribution in [0.5, 0.6) is 0 Å². The second-order valence-corrected chi connectivity index (χ2v) is 6.57. The van der Waals surface area contributed by atoms with E-state index in [2.05, 4.69) is 4.90 Å². The van der Waals surface area contributed by atoms with Crippen LogP contribution in [0.4, 0.5) is 0 Å². The summed E-state index contributed by atoms with van der Waals surface area (Å²) in [5, 5.41) is 0. The van der Waals surface area contributed by atoms with Gasteiger partial charge < -0.3 is 14.4 Å². The number of hydrogen-bond acceptors (Lipinski definition) is 3. The lowest BCUT2D eigenvalue weighted by molar-refractivity contribution is -0.138. The van der Waals surface area contributed by atoms with Crippen LogP contribution in [-0.2, 0) is 14.3 Å². The van der Waals surface area contributed by atoms with Crippen molar-refractivity contribution in [2.75, 3.05) is 32.9 Å². The molecule has 20 heavy (non-hydrogen) atoms. The second kappa shape index (κ2) is 6.90. The molecule has 3 fully saturated rings. The number of hydrogen-bond donors (Lipinski definition) is 0. The molecule has 0 aromatic carbocycles. The van der Waals surface area contributed by atoms with Crippen molar-refractivity contribution in [3.05, 3.63) is 0 Å². The van der Waals surface area contributed by atoms with Crippen molar-refractivity contribution in [3.63, 3.8) is 0 Å². The summed E-state index contributed by atoms with van der Waals surface area (Å²) in [6.45, 7) is 4.37. The molecule has 0 radical (unpaired) electrons. The highest BCUT2D eigenvalue weighted by atomic mass is 16.5. The van der Waals surface area contributed by atoms with Gasteiger partial charge in [-0.15, -0.1) is 0 Å². The molecule has 4 nitrogen and oxygen atoms in total. The van der Waals surface area contributed by atoms with Crippen LogP contribution in [0.15, 0.2) is 0 Å². The van der Waals surface area contributed by atoms with E-state index in [-0.39, 0.29) is 0 Å². The van der Waals surface area contributed by atoms with E-state index in [1.165, 1.54) is 12.8 Å². The molecule has 3 aliphatic rings. The number of nitrogens with zero attached hydrogens (tertiary/aromatic N) is 1. The molecule has 1 amide bonds. The van der Waals surface area contributed by atoms with Crippen molar-refractivity contribution in [2.24, 2.45) is 11.8 Å².